The molecule has 0 fully saturated rings. The molecular formula is C14H23NO2. The van der Waals surface area contributed by atoms with Gasteiger partial charge in [-0.3, -0.25) is 0 Å². The zero-order valence-corrected chi connectivity index (χ0v) is 10.9. The van der Waals surface area contributed by atoms with E-state index in [2.05, 4.69) is 42.7 Å². The summed E-state index contributed by atoms with van der Waals surface area (Å²) in [5.41, 5.74) is 0. The third-order valence-electron chi connectivity index (χ3n) is 2.18. The monoisotopic (exact) mass is 237 g/mol. The largest absolute Gasteiger partial charge is 0.461 e. The average Bonchev–Trinajstić information content (AvgIpc) is 2.33. The molecule has 3 nitrogen and oxygen atoms in total. The summed E-state index contributed by atoms with van der Waals surface area (Å²) in [6.45, 7) is 7.58. The van der Waals surface area contributed by atoms with Crippen LogP contribution in [0.5, 0.6) is 0 Å². The van der Waals surface area contributed by atoms with E-state index in [-0.39, 0.29) is 5.97 Å². The number of likely N-dealkylation sites (N-methyl/N-ethyl adjacent to an activating group) is 1. The van der Waals surface area contributed by atoms with Gasteiger partial charge in [-0.15, -0.1) is 0 Å². The number of hydrogen-bond acceptors (Lipinski definition) is 3. The van der Waals surface area contributed by atoms with Gasteiger partial charge in [0, 0.05) is 19.2 Å². The lowest BCUT2D eigenvalue weighted by atomic mass is 10.3. The quantitative estimate of drug-likeness (QED) is 0.351. The molecule has 0 aliphatic heterocycles. The SMILES string of the molecule is C=CC(=O)OCCN(C)CC/C=C/C=C/CC. The Balaban J connectivity index is 3.49. The average molecular weight is 237 g/mol. The Labute approximate surface area is 104 Å². The van der Waals surface area contributed by atoms with Crippen LogP contribution in [0.4, 0.5) is 0 Å². The smallest absolute Gasteiger partial charge is 0.330 e. The highest BCUT2D eigenvalue weighted by molar-refractivity contribution is 5.81. The summed E-state index contributed by atoms with van der Waals surface area (Å²) >= 11 is 0. The van der Waals surface area contributed by atoms with Crippen LogP contribution < -0.4 is 0 Å². The van der Waals surface area contributed by atoms with Crippen molar-refractivity contribution in [3.8, 4) is 0 Å². The highest BCUT2D eigenvalue weighted by Gasteiger charge is 1.98. The molecule has 3 heteroatoms. The molecule has 0 N–H and O–H groups in total. The fourth-order valence-corrected chi connectivity index (χ4v) is 1.16. The molecule has 0 spiro atoms. The van der Waals surface area contributed by atoms with Gasteiger partial charge >= 0.3 is 5.97 Å². The van der Waals surface area contributed by atoms with Gasteiger partial charge in [0.1, 0.15) is 6.61 Å². The lowest BCUT2D eigenvalue weighted by molar-refractivity contribution is -0.138. The molecule has 0 unspecified atom stereocenters. The topological polar surface area (TPSA) is 29.5 Å². The van der Waals surface area contributed by atoms with E-state index in [0.717, 1.165) is 25.9 Å². The van der Waals surface area contributed by atoms with E-state index in [9.17, 15) is 4.79 Å². The molecule has 0 aromatic rings. The van der Waals surface area contributed by atoms with Crippen molar-refractivity contribution in [1.82, 2.24) is 4.90 Å². The van der Waals surface area contributed by atoms with Crippen molar-refractivity contribution in [3.63, 3.8) is 0 Å². The predicted molar refractivity (Wildman–Crippen MR) is 71.8 cm³/mol. The van der Waals surface area contributed by atoms with Crippen molar-refractivity contribution in [2.75, 3.05) is 26.7 Å². The summed E-state index contributed by atoms with van der Waals surface area (Å²) in [4.78, 5) is 12.9. The molecule has 0 aliphatic carbocycles. The van der Waals surface area contributed by atoms with Crippen LogP contribution >= 0.6 is 0 Å². The van der Waals surface area contributed by atoms with Gasteiger partial charge < -0.3 is 9.64 Å². The van der Waals surface area contributed by atoms with Gasteiger partial charge in [-0.05, 0) is 19.9 Å². The number of ether oxygens (including phenoxy) is 1. The second-order valence-electron chi connectivity index (χ2n) is 3.73. The number of carbonyl (C=O) groups excluding carboxylic acids is 1. The van der Waals surface area contributed by atoms with Gasteiger partial charge in [-0.1, -0.05) is 37.8 Å². The number of allylic oxidation sites excluding steroid dienone is 3. The van der Waals surface area contributed by atoms with Crippen molar-refractivity contribution >= 4 is 5.97 Å². The lowest BCUT2D eigenvalue weighted by Crippen LogP contribution is -2.24. The summed E-state index contributed by atoms with van der Waals surface area (Å²) in [6.07, 6.45) is 11.6. The molecule has 0 aliphatic rings. The first-order chi connectivity index (χ1) is 8.20. The van der Waals surface area contributed by atoms with E-state index < -0.39 is 0 Å². The molecule has 0 saturated carbocycles. The minimum atomic E-state index is -0.358. The number of rotatable bonds is 9. The Morgan fingerprint density at radius 1 is 1.29 bits per heavy atom. The van der Waals surface area contributed by atoms with E-state index in [4.69, 9.17) is 4.74 Å². The van der Waals surface area contributed by atoms with E-state index >= 15 is 0 Å². The number of nitrogens with zero attached hydrogens (tertiary/aromatic N) is 1. The maximum Gasteiger partial charge on any atom is 0.330 e. The third kappa shape index (κ3) is 10.9. The lowest BCUT2D eigenvalue weighted by Gasteiger charge is -2.14. The molecule has 0 rings (SSSR count). The second-order valence-corrected chi connectivity index (χ2v) is 3.73. The highest BCUT2D eigenvalue weighted by atomic mass is 16.5. The predicted octanol–water partition coefficient (Wildman–Crippen LogP) is 2.56. The maximum atomic E-state index is 10.8. The Bertz CT molecular complexity index is 269. The highest BCUT2D eigenvalue weighted by Crippen LogP contribution is 1.91. The van der Waals surface area contributed by atoms with Crippen molar-refractivity contribution in [2.24, 2.45) is 0 Å². The molecule has 0 aromatic carbocycles. The molecule has 0 radical (unpaired) electrons. The Morgan fingerprint density at radius 2 is 2.00 bits per heavy atom. The van der Waals surface area contributed by atoms with Crippen LogP contribution in [0.3, 0.4) is 0 Å². The first-order valence-electron chi connectivity index (χ1n) is 6.00. The summed E-state index contributed by atoms with van der Waals surface area (Å²) in [5.74, 6) is -0.358. The van der Waals surface area contributed by atoms with E-state index in [0.29, 0.717) is 6.61 Å². The summed E-state index contributed by atoms with van der Waals surface area (Å²) < 4.78 is 4.89. The van der Waals surface area contributed by atoms with Gasteiger partial charge in [-0.2, -0.15) is 0 Å². The zero-order valence-electron chi connectivity index (χ0n) is 10.9. The van der Waals surface area contributed by atoms with Gasteiger partial charge in [-0.25, -0.2) is 4.79 Å². The van der Waals surface area contributed by atoms with Gasteiger partial charge in [0.25, 0.3) is 0 Å². The molecule has 0 saturated heterocycles. The maximum absolute atomic E-state index is 10.8. The standard InChI is InChI=1S/C14H23NO2/c1-4-6-7-8-9-10-11-15(3)12-13-17-14(16)5-2/h5-9H,2,4,10-13H2,1,3H3/b7-6+,9-8+. The first-order valence-corrected chi connectivity index (χ1v) is 6.00. The third-order valence-corrected chi connectivity index (χ3v) is 2.18. The van der Waals surface area contributed by atoms with Crippen LogP contribution in [-0.2, 0) is 9.53 Å². The van der Waals surface area contributed by atoms with Crippen LogP contribution in [0.1, 0.15) is 19.8 Å². The van der Waals surface area contributed by atoms with Crippen molar-refractivity contribution in [2.45, 2.75) is 19.8 Å². The molecule has 0 aromatic heterocycles. The molecule has 17 heavy (non-hydrogen) atoms. The van der Waals surface area contributed by atoms with Crippen LogP contribution in [0.2, 0.25) is 0 Å². The fourth-order valence-electron chi connectivity index (χ4n) is 1.16. The van der Waals surface area contributed by atoms with Crippen molar-refractivity contribution < 1.29 is 9.53 Å². The molecular weight excluding hydrogens is 214 g/mol. The molecule has 0 atom stereocenters. The van der Waals surface area contributed by atoms with Crippen LogP contribution in [0.25, 0.3) is 0 Å². The van der Waals surface area contributed by atoms with Crippen LogP contribution in [-0.4, -0.2) is 37.6 Å². The minimum Gasteiger partial charge on any atom is -0.461 e. The summed E-state index contributed by atoms with van der Waals surface area (Å²) in [5, 5.41) is 0. The molecule has 0 bridgehead atoms. The Morgan fingerprint density at radius 3 is 2.65 bits per heavy atom. The Hall–Kier alpha value is -1.35. The summed E-state index contributed by atoms with van der Waals surface area (Å²) in [6, 6.07) is 0. The normalized spacial score (nSPS) is 11.5. The zero-order chi connectivity index (χ0) is 12.9. The molecule has 0 heterocycles. The van der Waals surface area contributed by atoms with Gasteiger partial charge in [0.15, 0.2) is 0 Å². The van der Waals surface area contributed by atoms with E-state index in [1.54, 1.807) is 0 Å². The van der Waals surface area contributed by atoms with E-state index in [1.807, 2.05) is 7.05 Å². The van der Waals surface area contributed by atoms with Crippen LogP contribution in [0, 0.1) is 0 Å². The van der Waals surface area contributed by atoms with Gasteiger partial charge in [0.05, 0.1) is 0 Å². The van der Waals surface area contributed by atoms with Crippen molar-refractivity contribution in [3.05, 3.63) is 37.0 Å². The fraction of sp³-hybridized carbons (Fsp3) is 0.500. The number of esters is 1. The summed E-state index contributed by atoms with van der Waals surface area (Å²) in [7, 11) is 2.01. The second kappa shape index (κ2) is 11.1. The number of hydrogen-bond donors (Lipinski definition) is 0. The van der Waals surface area contributed by atoms with Crippen LogP contribution in [0.15, 0.2) is 37.0 Å². The minimum absolute atomic E-state index is 0.358. The number of carbonyl (C=O) groups is 1. The van der Waals surface area contributed by atoms with Gasteiger partial charge in [0.2, 0.25) is 0 Å². The van der Waals surface area contributed by atoms with E-state index in [1.165, 1.54) is 6.08 Å². The molecule has 96 valence electrons. The first kappa shape index (κ1) is 15.7. The molecule has 0 amide bonds. The van der Waals surface area contributed by atoms with Crippen molar-refractivity contribution in [1.29, 1.82) is 0 Å². The Kier molecular flexibility index (Phi) is 10.3.